The number of nitrogens with zero attached hydrogens (tertiary/aromatic N) is 3. The van der Waals surface area contributed by atoms with Crippen LogP contribution in [0.4, 0.5) is 14.9 Å². The zero-order valence-electron chi connectivity index (χ0n) is 17.1. The number of urea groups is 1. The summed E-state index contributed by atoms with van der Waals surface area (Å²) in [5.74, 6) is -0.819. The molecule has 0 aliphatic heterocycles. The standard InChI is InChI=1S/C22H20FN5O3S/c1-24-20(29)25-9-10-28-19(14-32-21(28)26-17-4-2-3-16(23)13-17)15-5-7-18(8-6-15)27-11-12-31-22(27)30/h2-8,11-14H,9-10H2,1H3,(H2,24,25,29). The molecule has 2 aromatic heterocycles. The van der Waals surface area contributed by atoms with E-state index in [-0.39, 0.29) is 11.8 Å². The summed E-state index contributed by atoms with van der Waals surface area (Å²) in [6.07, 6.45) is 2.89. The molecule has 0 spiro atoms. The van der Waals surface area contributed by atoms with Gasteiger partial charge >= 0.3 is 11.8 Å². The van der Waals surface area contributed by atoms with Crippen LogP contribution in [-0.4, -0.2) is 28.8 Å². The number of hydrogen-bond donors (Lipinski definition) is 2. The van der Waals surface area contributed by atoms with Crippen LogP contribution in [0.5, 0.6) is 0 Å². The Labute approximate surface area is 186 Å². The zero-order chi connectivity index (χ0) is 22.5. The number of benzene rings is 2. The van der Waals surface area contributed by atoms with E-state index in [1.807, 2.05) is 34.2 Å². The van der Waals surface area contributed by atoms with Gasteiger partial charge in [0.05, 0.1) is 23.3 Å². The lowest BCUT2D eigenvalue weighted by Gasteiger charge is -2.11. The third-order valence-corrected chi connectivity index (χ3v) is 5.56. The van der Waals surface area contributed by atoms with E-state index < -0.39 is 5.76 Å². The van der Waals surface area contributed by atoms with Gasteiger partial charge in [0, 0.05) is 25.5 Å². The number of oxazole rings is 1. The number of amides is 2. The Bertz CT molecular complexity index is 1350. The average Bonchev–Trinajstić information content (AvgIpc) is 3.40. The summed E-state index contributed by atoms with van der Waals surface area (Å²) in [7, 11) is 1.55. The molecule has 8 nitrogen and oxygen atoms in total. The van der Waals surface area contributed by atoms with Crippen LogP contribution in [0.1, 0.15) is 0 Å². The van der Waals surface area contributed by atoms with Crippen molar-refractivity contribution in [3.63, 3.8) is 0 Å². The number of thiazole rings is 1. The van der Waals surface area contributed by atoms with Crippen molar-refractivity contribution >= 4 is 23.1 Å². The van der Waals surface area contributed by atoms with E-state index in [1.54, 1.807) is 25.4 Å². The van der Waals surface area contributed by atoms with Crippen LogP contribution >= 0.6 is 11.3 Å². The summed E-state index contributed by atoms with van der Waals surface area (Å²) in [5.41, 5.74) is 2.97. The van der Waals surface area contributed by atoms with Crippen molar-refractivity contribution in [2.75, 3.05) is 13.6 Å². The van der Waals surface area contributed by atoms with Gasteiger partial charge in [-0.05, 0) is 35.9 Å². The third-order valence-electron chi connectivity index (χ3n) is 4.70. The summed E-state index contributed by atoms with van der Waals surface area (Å²) >= 11 is 1.42. The highest BCUT2D eigenvalue weighted by Crippen LogP contribution is 2.22. The van der Waals surface area contributed by atoms with Crippen LogP contribution in [0, 0.1) is 5.82 Å². The molecular weight excluding hydrogens is 433 g/mol. The van der Waals surface area contributed by atoms with Crippen molar-refractivity contribution in [1.29, 1.82) is 0 Å². The van der Waals surface area contributed by atoms with Gasteiger partial charge in [0.15, 0.2) is 4.80 Å². The molecule has 2 N–H and O–H groups in total. The van der Waals surface area contributed by atoms with Crippen molar-refractivity contribution < 1.29 is 13.6 Å². The first kappa shape index (κ1) is 21.3. The van der Waals surface area contributed by atoms with Gasteiger partial charge in [0.25, 0.3) is 0 Å². The zero-order valence-corrected chi connectivity index (χ0v) is 17.9. The fourth-order valence-corrected chi connectivity index (χ4v) is 4.10. The predicted molar refractivity (Wildman–Crippen MR) is 120 cm³/mol. The van der Waals surface area contributed by atoms with Gasteiger partial charge in [-0.15, -0.1) is 11.3 Å². The number of aromatic nitrogens is 2. The van der Waals surface area contributed by atoms with E-state index >= 15 is 0 Å². The van der Waals surface area contributed by atoms with Gasteiger partial charge < -0.3 is 19.6 Å². The van der Waals surface area contributed by atoms with Gasteiger partial charge in [-0.25, -0.2) is 23.5 Å². The topological polar surface area (TPSA) is 93.6 Å². The minimum Gasteiger partial charge on any atom is -0.416 e. The number of rotatable bonds is 6. The molecule has 4 aromatic rings. The molecule has 10 heteroatoms. The molecule has 0 fully saturated rings. The van der Waals surface area contributed by atoms with Gasteiger partial charge in [-0.2, -0.15) is 0 Å². The maximum absolute atomic E-state index is 13.6. The van der Waals surface area contributed by atoms with E-state index in [4.69, 9.17) is 4.42 Å². The molecule has 0 aliphatic rings. The quantitative estimate of drug-likeness (QED) is 0.469. The van der Waals surface area contributed by atoms with E-state index in [2.05, 4.69) is 15.6 Å². The first-order valence-electron chi connectivity index (χ1n) is 9.76. The second-order valence-electron chi connectivity index (χ2n) is 6.74. The summed E-state index contributed by atoms with van der Waals surface area (Å²) in [4.78, 5) is 28.6. The SMILES string of the molecule is CNC(=O)NCCn1c(-c2ccc(-n3ccoc3=O)cc2)csc1=Nc1cccc(F)c1. The molecule has 0 aliphatic carbocycles. The number of hydrogen-bond acceptors (Lipinski definition) is 5. The Balaban J connectivity index is 1.71. The van der Waals surface area contributed by atoms with E-state index in [9.17, 15) is 14.0 Å². The maximum Gasteiger partial charge on any atom is 0.423 e. The highest BCUT2D eigenvalue weighted by molar-refractivity contribution is 7.07. The Morgan fingerprint density at radius 2 is 2.03 bits per heavy atom. The minimum absolute atomic E-state index is 0.277. The summed E-state index contributed by atoms with van der Waals surface area (Å²) in [6.45, 7) is 0.839. The molecule has 2 aromatic carbocycles. The smallest absolute Gasteiger partial charge is 0.416 e. The fraction of sp³-hybridized carbons (Fsp3) is 0.136. The lowest BCUT2D eigenvalue weighted by molar-refractivity contribution is 0.242. The number of carbonyl (C=O) groups is 1. The molecule has 0 saturated carbocycles. The fourth-order valence-electron chi connectivity index (χ4n) is 3.14. The van der Waals surface area contributed by atoms with Gasteiger partial charge in [-0.1, -0.05) is 18.2 Å². The molecule has 2 amide bonds. The van der Waals surface area contributed by atoms with Crippen molar-refractivity contribution in [1.82, 2.24) is 19.8 Å². The molecule has 32 heavy (non-hydrogen) atoms. The Morgan fingerprint density at radius 1 is 1.22 bits per heavy atom. The summed E-state index contributed by atoms with van der Waals surface area (Å²) in [5, 5.41) is 7.24. The minimum atomic E-state index is -0.459. The average molecular weight is 453 g/mol. The van der Waals surface area contributed by atoms with Crippen molar-refractivity contribution in [3.8, 4) is 16.9 Å². The lowest BCUT2D eigenvalue weighted by Crippen LogP contribution is -2.36. The molecule has 0 unspecified atom stereocenters. The second-order valence-corrected chi connectivity index (χ2v) is 7.58. The Morgan fingerprint density at radius 3 is 2.72 bits per heavy atom. The van der Waals surface area contributed by atoms with Crippen LogP contribution in [0.25, 0.3) is 16.9 Å². The molecule has 4 rings (SSSR count). The van der Waals surface area contributed by atoms with Crippen LogP contribution in [0.3, 0.4) is 0 Å². The summed E-state index contributed by atoms with van der Waals surface area (Å²) < 4.78 is 21.8. The highest BCUT2D eigenvalue weighted by Gasteiger charge is 2.10. The monoisotopic (exact) mass is 453 g/mol. The van der Waals surface area contributed by atoms with Crippen LogP contribution in [0.15, 0.2) is 80.6 Å². The van der Waals surface area contributed by atoms with Crippen LogP contribution in [-0.2, 0) is 6.54 Å². The van der Waals surface area contributed by atoms with E-state index in [0.717, 1.165) is 11.3 Å². The van der Waals surface area contributed by atoms with E-state index in [0.29, 0.717) is 29.3 Å². The molecule has 164 valence electrons. The van der Waals surface area contributed by atoms with E-state index in [1.165, 1.54) is 34.3 Å². The number of halogens is 1. The molecule has 0 saturated heterocycles. The molecule has 0 radical (unpaired) electrons. The van der Waals surface area contributed by atoms with Crippen molar-refractivity contribution in [2.45, 2.75) is 6.54 Å². The van der Waals surface area contributed by atoms with Crippen molar-refractivity contribution in [3.05, 3.63) is 87.5 Å². The Hall–Kier alpha value is -3.92. The maximum atomic E-state index is 13.6. The predicted octanol–water partition coefficient (Wildman–Crippen LogP) is 3.26. The number of nitrogens with one attached hydrogen (secondary N) is 2. The van der Waals surface area contributed by atoms with Crippen LogP contribution < -0.4 is 21.2 Å². The largest absolute Gasteiger partial charge is 0.423 e. The lowest BCUT2D eigenvalue weighted by atomic mass is 10.1. The Kier molecular flexibility index (Phi) is 6.31. The van der Waals surface area contributed by atoms with Gasteiger partial charge in [-0.3, -0.25) is 0 Å². The van der Waals surface area contributed by atoms with Crippen molar-refractivity contribution in [2.24, 2.45) is 4.99 Å². The second kappa shape index (κ2) is 9.48. The molecule has 0 bridgehead atoms. The van der Waals surface area contributed by atoms with Gasteiger partial charge in [0.2, 0.25) is 0 Å². The third kappa shape index (κ3) is 4.70. The normalized spacial score (nSPS) is 11.5. The summed E-state index contributed by atoms with van der Waals surface area (Å²) in [6, 6.07) is 13.2. The first-order valence-corrected chi connectivity index (χ1v) is 10.6. The molecular formula is C22H20FN5O3S. The van der Waals surface area contributed by atoms with Crippen LogP contribution in [0.2, 0.25) is 0 Å². The molecule has 2 heterocycles. The first-order chi connectivity index (χ1) is 15.5. The number of carbonyl (C=O) groups excluding carboxylic acids is 1. The molecule has 0 atom stereocenters. The van der Waals surface area contributed by atoms with Gasteiger partial charge in [0.1, 0.15) is 12.1 Å². The highest BCUT2D eigenvalue weighted by atomic mass is 32.1.